The Kier molecular flexibility index (Phi) is 4.22. The largest absolute Gasteiger partial charge is 0.322 e. The number of rotatable bonds is 1. The highest BCUT2D eigenvalue weighted by atomic mass is 35.5. The molecule has 1 N–H and O–H groups in total. The molecule has 2 aromatic rings. The monoisotopic (exact) mass is 400 g/mol. The van der Waals surface area contributed by atoms with Crippen LogP contribution >= 0.6 is 34.8 Å². The Hall–Kier alpha value is -1.63. The number of carbonyl (C=O) groups is 1. The zero-order chi connectivity index (χ0) is 17.7. The van der Waals surface area contributed by atoms with Gasteiger partial charge in [-0.1, -0.05) is 34.8 Å². The van der Waals surface area contributed by atoms with Gasteiger partial charge in [0.25, 0.3) is 0 Å². The third-order valence-electron chi connectivity index (χ3n) is 4.67. The van der Waals surface area contributed by atoms with E-state index in [0.717, 1.165) is 30.2 Å². The van der Waals surface area contributed by atoms with Crippen molar-refractivity contribution < 1.29 is 9.18 Å². The van der Waals surface area contributed by atoms with Crippen LogP contribution in [0.1, 0.15) is 30.1 Å². The van der Waals surface area contributed by atoms with Crippen molar-refractivity contribution >= 4 is 46.5 Å². The van der Waals surface area contributed by atoms with Gasteiger partial charge in [-0.3, -0.25) is 0 Å². The minimum absolute atomic E-state index is 0.00897. The van der Waals surface area contributed by atoms with Gasteiger partial charge in [0.1, 0.15) is 17.3 Å². The highest BCUT2D eigenvalue weighted by molar-refractivity contribution is 6.42. The van der Waals surface area contributed by atoms with Crippen LogP contribution in [0.25, 0.3) is 0 Å². The normalized spacial score (nSPS) is 21.2. The molecule has 3 heterocycles. The van der Waals surface area contributed by atoms with E-state index < -0.39 is 11.8 Å². The van der Waals surface area contributed by atoms with Crippen LogP contribution < -0.4 is 5.32 Å². The van der Waals surface area contributed by atoms with Crippen LogP contribution in [0.5, 0.6) is 0 Å². The molecule has 1 aromatic carbocycles. The minimum atomic E-state index is -0.641. The second-order valence-electron chi connectivity index (χ2n) is 6.06. The highest BCUT2D eigenvalue weighted by Gasteiger charge is 2.44. The fraction of sp³-hybridized carbons (Fsp3) is 0.312. The van der Waals surface area contributed by atoms with Crippen LogP contribution in [0.2, 0.25) is 15.2 Å². The van der Waals surface area contributed by atoms with Crippen LogP contribution in [0.15, 0.2) is 18.5 Å². The van der Waals surface area contributed by atoms with Crippen molar-refractivity contribution in [3.8, 4) is 0 Å². The van der Waals surface area contributed by atoms with Gasteiger partial charge in [-0.25, -0.2) is 19.2 Å². The molecule has 5 nitrogen and oxygen atoms in total. The summed E-state index contributed by atoms with van der Waals surface area (Å²) in [6.45, 7) is 0. The van der Waals surface area contributed by atoms with Gasteiger partial charge in [0.15, 0.2) is 0 Å². The van der Waals surface area contributed by atoms with E-state index >= 15 is 0 Å². The molecule has 130 valence electrons. The molecule has 1 aromatic heterocycles. The Bertz CT molecular complexity index is 879. The summed E-state index contributed by atoms with van der Waals surface area (Å²) in [7, 11) is 0. The van der Waals surface area contributed by atoms with Crippen molar-refractivity contribution in [3.63, 3.8) is 0 Å². The number of halogens is 4. The van der Waals surface area contributed by atoms with Crippen LogP contribution in [-0.2, 0) is 6.42 Å². The first-order valence-corrected chi connectivity index (χ1v) is 8.82. The van der Waals surface area contributed by atoms with E-state index in [9.17, 15) is 9.18 Å². The van der Waals surface area contributed by atoms with E-state index in [1.54, 1.807) is 4.90 Å². The van der Waals surface area contributed by atoms with Gasteiger partial charge in [-0.2, -0.15) is 0 Å². The van der Waals surface area contributed by atoms with Crippen LogP contribution in [0, 0.1) is 5.82 Å². The van der Waals surface area contributed by atoms with Crippen LogP contribution in [0.4, 0.5) is 14.9 Å². The lowest BCUT2D eigenvalue weighted by Gasteiger charge is -2.35. The SMILES string of the molecule is O=C(Nc1cc(Cl)c(Cl)cc1F)N1C2CCC1c1ncnc(Cl)c1C2. The lowest BCUT2D eigenvalue weighted by Crippen LogP contribution is -2.44. The molecule has 2 bridgehead atoms. The smallest absolute Gasteiger partial charge is 0.313 e. The number of carbonyl (C=O) groups excluding carboxylic acids is 1. The predicted octanol–water partition coefficient (Wildman–Crippen LogP) is 4.87. The van der Waals surface area contributed by atoms with Crippen molar-refractivity contribution in [2.75, 3.05) is 5.32 Å². The molecule has 2 aliphatic rings. The fourth-order valence-electron chi connectivity index (χ4n) is 3.57. The van der Waals surface area contributed by atoms with Crippen molar-refractivity contribution in [3.05, 3.63) is 50.7 Å². The molecule has 25 heavy (non-hydrogen) atoms. The molecule has 2 unspecified atom stereocenters. The van der Waals surface area contributed by atoms with E-state index in [1.165, 1.54) is 12.4 Å². The lowest BCUT2D eigenvalue weighted by molar-refractivity contribution is 0.177. The maximum absolute atomic E-state index is 14.0. The lowest BCUT2D eigenvalue weighted by atomic mass is 10.00. The fourth-order valence-corrected chi connectivity index (χ4v) is 4.10. The molecule has 4 rings (SSSR count). The Balaban J connectivity index is 1.63. The number of fused-ring (bicyclic) bond motifs is 4. The Morgan fingerprint density at radius 1 is 1.20 bits per heavy atom. The molecule has 1 fully saturated rings. The predicted molar refractivity (Wildman–Crippen MR) is 93.8 cm³/mol. The van der Waals surface area contributed by atoms with E-state index in [0.29, 0.717) is 11.6 Å². The number of amides is 2. The summed E-state index contributed by atoms with van der Waals surface area (Å²) in [6.07, 6.45) is 3.59. The topological polar surface area (TPSA) is 58.1 Å². The molecule has 0 radical (unpaired) electrons. The van der Waals surface area contributed by atoms with Gasteiger partial charge in [0, 0.05) is 11.6 Å². The summed E-state index contributed by atoms with van der Waals surface area (Å²) in [6, 6.07) is 1.76. The maximum Gasteiger partial charge on any atom is 0.322 e. The van der Waals surface area contributed by atoms with Gasteiger partial charge in [-0.05, 0) is 31.4 Å². The Labute approximate surface area is 158 Å². The quantitative estimate of drug-likeness (QED) is 0.548. The summed E-state index contributed by atoms with van der Waals surface area (Å²) < 4.78 is 14.0. The summed E-state index contributed by atoms with van der Waals surface area (Å²) in [5, 5.41) is 3.28. The molecule has 0 aliphatic carbocycles. The number of benzene rings is 1. The van der Waals surface area contributed by atoms with E-state index in [4.69, 9.17) is 34.8 Å². The van der Waals surface area contributed by atoms with Gasteiger partial charge >= 0.3 is 6.03 Å². The molecule has 2 aliphatic heterocycles. The number of anilines is 1. The van der Waals surface area contributed by atoms with E-state index in [1.807, 2.05) is 0 Å². The van der Waals surface area contributed by atoms with Crippen molar-refractivity contribution in [2.45, 2.75) is 31.3 Å². The molecular weight excluding hydrogens is 390 g/mol. The first-order valence-electron chi connectivity index (χ1n) is 7.69. The minimum Gasteiger partial charge on any atom is -0.313 e. The second kappa shape index (κ2) is 6.27. The molecule has 0 saturated carbocycles. The Morgan fingerprint density at radius 2 is 1.96 bits per heavy atom. The van der Waals surface area contributed by atoms with Gasteiger partial charge in [0.2, 0.25) is 0 Å². The second-order valence-corrected chi connectivity index (χ2v) is 7.24. The van der Waals surface area contributed by atoms with Crippen molar-refractivity contribution in [2.24, 2.45) is 0 Å². The van der Waals surface area contributed by atoms with Gasteiger partial charge in [-0.15, -0.1) is 0 Å². The molecule has 2 atom stereocenters. The third kappa shape index (κ3) is 2.82. The van der Waals surface area contributed by atoms with Crippen molar-refractivity contribution in [1.29, 1.82) is 0 Å². The maximum atomic E-state index is 14.0. The van der Waals surface area contributed by atoms with E-state index in [2.05, 4.69) is 15.3 Å². The van der Waals surface area contributed by atoms with Gasteiger partial charge in [0.05, 0.1) is 27.5 Å². The number of hydrogen-bond donors (Lipinski definition) is 1. The average Bonchev–Trinajstić information content (AvgIpc) is 2.89. The van der Waals surface area contributed by atoms with Crippen LogP contribution in [-0.4, -0.2) is 26.9 Å². The van der Waals surface area contributed by atoms with Crippen molar-refractivity contribution in [1.82, 2.24) is 14.9 Å². The molecule has 9 heteroatoms. The zero-order valence-electron chi connectivity index (χ0n) is 12.8. The van der Waals surface area contributed by atoms with Gasteiger partial charge < -0.3 is 10.2 Å². The summed E-state index contributed by atoms with van der Waals surface area (Å²) in [5.41, 5.74) is 1.64. The summed E-state index contributed by atoms with van der Waals surface area (Å²) >= 11 is 17.9. The summed E-state index contributed by atoms with van der Waals surface area (Å²) in [5.74, 6) is -0.641. The first-order chi connectivity index (χ1) is 12.0. The highest BCUT2D eigenvalue weighted by Crippen LogP contribution is 2.44. The molecule has 0 spiro atoms. The standard InChI is InChI=1S/C16H12Cl3FN4O/c17-9-4-11(20)12(5-10(9)18)23-16(25)24-7-1-2-13(24)14-8(3-7)15(19)22-6-21-14/h4-7,13H,1-3H2,(H,23,25). The number of nitrogens with zero attached hydrogens (tertiary/aromatic N) is 3. The number of aromatic nitrogens is 2. The molecular formula is C16H12Cl3FN4O. The zero-order valence-corrected chi connectivity index (χ0v) is 15.0. The van der Waals surface area contributed by atoms with E-state index in [-0.39, 0.29) is 27.8 Å². The number of hydrogen-bond acceptors (Lipinski definition) is 3. The van der Waals surface area contributed by atoms with Crippen LogP contribution in [0.3, 0.4) is 0 Å². The number of nitrogens with one attached hydrogen (secondary N) is 1. The third-order valence-corrected chi connectivity index (χ3v) is 5.72. The first kappa shape index (κ1) is 16.8. The average molecular weight is 402 g/mol. The molecule has 1 saturated heterocycles. The summed E-state index contributed by atoms with van der Waals surface area (Å²) in [4.78, 5) is 22.8. The number of urea groups is 1. The Morgan fingerprint density at radius 3 is 2.76 bits per heavy atom. The molecule has 2 amide bonds.